The summed E-state index contributed by atoms with van der Waals surface area (Å²) in [6.45, 7) is 11.8. The van der Waals surface area contributed by atoms with Gasteiger partial charge in [-0.05, 0) is 37.0 Å². The number of benzene rings is 1. The first-order valence-corrected chi connectivity index (χ1v) is 13.5. The first-order chi connectivity index (χ1) is 18.2. The molecule has 8 nitrogen and oxygen atoms in total. The molecule has 1 fully saturated rings. The third-order valence-corrected chi connectivity index (χ3v) is 8.04. The lowest BCUT2D eigenvalue weighted by Crippen LogP contribution is -2.52. The normalized spacial score (nSPS) is 34.5. The molecule has 0 amide bonds. The quantitative estimate of drug-likeness (QED) is 0.327. The van der Waals surface area contributed by atoms with Crippen LogP contribution in [0.1, 0.15) is 71.7 Å². The summed E-state index contributed by atoms with van der Waals surface area (Å²) in [4.78, 5) is 37.4. The number of hydrogen-bond donors (Lipinski definition) is 2. The Balaban J connectivity index is 2.16. The Morgan fingerprint density at radius 3 is 2.18 bits per heavy atom. The van der Waals surface area contributed by atoms with E-state index in [-0.39, 0.29) is 18.8 Å². The summed E-state index contributed by atoms with van der Waals surface area (Å²) in [5, 5.41) is 23.5. The smallest absolute Gasteiger partial charge is 0.338 e. The Morgan fingerprint density at radius 2 is 1.59 bits per heavy atom. The Labute approximate surface area is 231 Å². The molecule has 0 saturated heterocycles. The lowest BCUT2D eigenvalue weighted by atomic mass is 9.75. The van der Waals surface area contributed by atoms with E-state index < -0.39 is 65.2 Å². The predicted octanol–water partition coefficient (Wildman–Crippen LogP) is 4.39. The molecule has 2 N–H and O–H groups in total. The molecule has 0 radical (unpaired) electrons. The van der Waals surface area contributed by atoms with E-state index in [1.54, 1.807) is 43.3 Å². The first-order valence-electron chi connectivity index (χ1n) is 13.5. The Morgan fingerprint density at radius 1 is 0.974 bits per heavy atom. The molecule has 214 valence electrons. The van der Waals surface area contributed by atoms with E-state index in [1.807, 2.05) is 39.8 Å². The highest BCUT2D eigenvalue weighted by atomic mass is 16.6. The van der Waals surface area contributed by atoms with Gasteiger partial charge in [-0.2, -0.15) is 0 Å². The third-order valence-electron chi connectivity index (χ3n) is 8.04. The van der Waals surface area contributed by atoms with E-state index in [4.69, 9.17) is 14.2 Å². The van der Waals surface area contributed by atoms with Crippen molar-refractivity contribution >= 4 is 17.9 Å². The van der Waals surface area contributed by atoms with Crippen molar-refractivity contribution in [2.75, 3.05) is 0 Å². The van der Waals surface area contributed by atoms with Gasteiger partial charge in [-0.25, -0.2) is 4.79 Å². The summed E-state index contributed by atoms with van der Waals surface area (Å²) in [6, 6.07) is 8.60. The van der Waals surface area contributed by atoms with E-state index in [9.17, 15) is 24.6 Å². The van der Waals surface area contributed by atoms with Crippen LogP contribution in [0.2, 0.25) is 0 Å². The number of rotatable bonds is 4. The minimum atomic E-state index is -1.60. The number of aliphatic hydroxyl groups excluding tert-OH is 1. The number of ether oxygens (including phenoxy) is 3. The van der Waals surface area contributed by atoms with Gasteiger partial charge in [-0.3, -0.25) is 9.59 Å². The number of hydrogen-bond acceptors (Lipinski definition) is 8. The van der Waals surface area contributed by atoms with Crippen LogP contribution in [-0.2, 0) is 23.8 Å². The average molecular weight is 543 g/mol. The van der Waals surface area contributed by atoms with Gasteiger partial charge in [0.15, 0.2) is 0 Å². The first kappa shape index (κ1) is 30.6. The highest BCUT2D eigenvalue weighted by molar-refractivity contribution is 5.89. The van der Waals surface area contributed by atoms with Crippen molar-refractivity contribution in [3.8, 4) is 0 Å². The molecule has 8 atom stereocenters. The van der Waals surface area contributed by atoms with E-state index >= 15 is 0 Å². The van der Waals surface area contributed by atoms with Gasteiger partial charge in [0.25, 0.3) is 0 Å². The van der Waals surface area contributed by atoms with Crippen molar-refractivity contribution < 1.29 is 38.8 Å². The molecule has 0 bridgehead atoms. The molecule has 0 aromatic heterocycles. The van der Waals surface area contributed by atoms with Gasteiger partial charge in [-0.1, -0.05) is 64.1 Å². The molecule has 2 aliphatic rings. The molecule has 39 heavy (non-hydrogen) atoms. The maximum absolute atomic E-state index is 13.1. The summed E-state index contributed by atoms with van der Waals surface area (Å²) >= 11 is 0. The van der Waals surface area contributed by atoms with E-state index in [1.165, 1.54) is 13.8 Å². The highest BCUT2D eigenvalue weighted by Crippen LogP contribution is 2.48. The molecule has 1 aromatic rings. The van der Waals surface area contributed by atoms with Crippen LogP contribution >= 0.6 is 0 Å². The minimum absolute atomic E-state index is 0.135. The van der Waals surface area contributed by atoms with Crippen molar-refractivity contribution in [2.45, 2.75) is 91.3 Å². The second kappa shape index (κ2) is 12.0. The van der Waals surface area contributed by atoms with Crippen LogP contribution in [0.15, 0.2) is 54.1 Å². The van der Waals surface area contributed by atoms with Gasteiger partial charge >= 0.3 is 17.9 Å². The second-order valence-electron chi connectivity index (χ2n) is 11.8. The third kappa shape index (κ3) is 6.97. The number of aliphatic hydroxyl groups is 2. The zero-order chi connectivity index (χ0) is 29.1. The predicted molar refractivity (Wildman–Crippen MR) is 145 cm³/mol. The van der Waals surface area contributed by atoms with Gasteiger partial charge in [-0.15, -0.1) is 0 Å². The van der Waals surface area contributed by atoms with Crippen LogP contribution in [-0.4, -0.2) is 58.1 Å². The minimum Gasteiger partial charge on any atom is -0.459 e. The molecule has 2 aliphatic carbocycles. The molecule has 8 heteroatoms. The van der Waals surface area contributed by atoms with Crippen LogP contribution in [0, 0.1) is 23.2 Å². The van der Waals surface area contributed by atoms with E-state index in [2.05, 4.69) is 0 Å². The fraction of sp³-hybridized carbons (Fsp3) is 0.581. The van der Waals surface area contributed by atoms with Gasteiger partial charge in [0.2, 0.25) is 0 Å². The van der Waals surface area contributed by atoms with Gasteiger partial charge in [0, 0.05) is 37.5 Å². The topological polar surface area (TPSA) is 119 Å². The van der Waals surface area contributed by atoms with Crippen LogP contribution < -0.4 is 0 Å². The summed E-state index contributed by atoms with van der Waals surface area (Å²) in [6.07, 6.45) is 2.40. The zero-order valence-corrected chi connectivity index (χ0v) is 23.9. The van der Waals surface area contributed by atoms with Gasteiger partial charge in [0.1, 0.15) is 23.9 Å². The Hall–Kier alpha value is -2.97. The van der Waals surface area contributed by atoms with Crippen LogP contribution in [0.3, 0.4) is 0 Å². The molecule has 0 spiro atoms. The summed E-state index contributed by atoms with van der Waals surface area (Å²) in [5.74, 6) is -3.09. The van der Waals surface area contributed by atoms with E-state index in [0.29, 0.717) is 11.1 Å². The van der Waals surface area contributed by atoms with Crippen molar-refractivity contribution in [1.29, 1.82) is 0 Å². The number of carbonyl (C=O) groups excluding carboxylic acids is 3. The lowest BCUT2D eigenvalue weighted by molar-refractivity contribution is -0.173. The van der Waals surface area contributed by atoms with E-state index in [0.717, 1.165) is 0 Å². The molecule has 1 aromatic carbocycles. The summed E-state index contributed by atoms with van der Waals surface area (Å²) < 4.78 is 17.4. The largest absolute Gasteiger partial charge is 0.459 e. The van der Waals surface area contributed by atoms with Crippen molar-refractivity contribution in [3.63, 3.8) is 0 Å². The molecule has 0 unspecified atom stereocenters. The van der Waals surface area contributed by atoms with Crippen molar-refractivity contribution in [3.05, 3.63) is 59.7 Å². The van der Waals surface area contributed by atoms with Gasteiger partial charge < -0.3 is 24.4 Å². The Kier molecular flexibility index (Phi) is 9.44. The number of esters is 3. The zero-order valence-electron chi connectivity index (χ0n) is 23.9. The summed E-state index contributed by atoms with van der Waals surface area (Å²) in [7, 11) is 0. The van der Waals surface area contributed by atoms with Gasteiger partial charge in [0.05, 0.1) is 11.7 Å². The number of carbonyl (C=O) groups is 3. The monoisotopic (exact) mass is 542 g/mol. The SMILES string of the molecule is CC(=O)O[C@@H]1[C@@H](C)C=CC(C)(C)[C@H](O)C[C@@H](OC(C)=O)C(C)=C[C@H]2[C@@H](OC(=O)c3ccccc3)[C@@H](C)C[C@]12O. The van der Waals surface area contributed by atoms with Crippen molar-refractivity contribution in [1.82, 2.24) is 0 Å². The number of fused-ring (bicyclic) bond motifs is 1. The molecule has 0 aliphatic heterocycles. The fourth-order valence-electron chi connectivity index (χ4n) is 5.79. The molecular weight excluding hydrogens is 500 g/mol. The molecule has 3 rings (SSSR count). The molecule has 0 heterocycles. The van der Waals surface area contributed by atoms with Crippen LogP contribution in [0.4, 0.5) is 0 Å². The molecule has 1 saturated carbocycles. The Bertz CT molecular complexity index is 1110. The summed E-state index contributed by atoms with van der Waals surface area (Å²) in [5.41, 5.74) is -1.33. The second-order valence-corrected chi connectivity index (χ2v) is 11.8. The highest BCUT2D eigenvalue weighted by Gasteiger charge is 2.58. The average Bonchev–Trinajstić information content (AvgIpc) is 3.09. The molecular formula is C31H42O8. The van der Waals surface area contributed by atoms with Crippen molar-refractivity contribution in [2.24, 2.45) is 23.2 Å². The maximum atomic E-state index is 13.1. The fourth-order valence-corrected chi connectivity index (χ4v) is 5.79. The maximum Gasteiger partial charge on any atom is 0.338 e. The van der Waals surface area contributed by atoms with Crippen LogP contribution in [0.25, 0.3) is 0 Å². The standard InChI is InChI=1S/C31H42O8/c1-18-13-14-30(6,7)26(34)16-25(37-21(4)32)19(2)15-24-27(39-29(35)23-11-9-8-10-12-23)20(3)17-31(24,36)28(18)38-22(5)33/h8-15,18,20,24-28,34,36H,16-17H2,1-7H3/t18-,20-,24-,25+,26+,27-,28+,31+/m0/s1. The lowest BCUT2D eigenvalue weighted by Gasteiger charge is -2.40. The van der Waals surface area contributed by atoms with Crippen LogP contribution in [0.5, 0.6) is 0 Å².